The normalized spacial score (nSPS) is 14.0. The first-order chi connectivity index (χ1) is 24.8. The average molecular weight is 713 g/mol. The van der Waals surface area contributed by atoms with Crippen LogP contribution in [-0.2, 0) is 48.0 Å². The van der Waals surface area contributed by atoms with E-state index in [0.717, 1.165) is 16.5 Å². The molecule has 4 rings (SSSR count). The molecule has 1 heterocycles. The number of carboxylic acid groups (broad SMARTS) is 2. The third kappa shape index (κ3) is 11.0. The van der Waals surface area contributed by atoms with Crippen molar-refractivity contribution >= 4 is 46.5 Å². The minimum absolute atomic E-state index is 0.0327. The number of rotatable bonds is 18. The van der Waals surface area contributed by atoms with E-state index in [4.69, 9.17) is 5.73 Å². The summed E-state index contributed by atoms with van der Waals surface area (Å²) in [6.45, 7) is 3.28. The number of carboxylic acids is 2. The number of carbonyl (C=O) groups is 6. The summed E-state index contributed by atoms with van der Waals surface area (Å²) in [5, 5.41) is 30.4. The van der Waals surface area contributed by atoms with E-state index in [9.17, 15) is 39.0 Å². The van der Waals surface area contributed by atoms with E-state index in [1.807, 2.05) is 24.3 Å². The minimum Gasteiger partial charge on any atom is -0.481 e. The van der Waals surface area contributed by atoms with Crippen LogP contribution in [0.1, 0.15) is 37.0 Å². The number of nitrogens with two attached hydrogens (primary N) is 1. The summed E-state index contributed by atoms with van der Waals surface area (Å²) >= 11 is 0. The van der Waals surface area contributed by atoms with Crippen molar-refractivity contribution in [3.8, 4) is 0 Å². The molecule has 5 atom stereocenters. The number of hydrogen-bond donors (Lipinski definition) is 8. The Balaban J connectivity index is 1.59. The fourth-order valence-electron chi connectivity index (χ4n) is 5.72. The molecule has 4 aromatic rings. The Hall–Kier alpha value is -6.02. The van der Waals surface area contributed by atoms with Gasteiger partial charge in [-0.15, -0.1) is 0 Å². The maximum Gasteiger partial charge on any atom is 0.326 e. The topological polar surface area (TPSA) is 233 Å². The van der Waals surface area contributed by atoms with Gasteiger partial charge in [-0.3, -0.25) is 24.0 Å². The van der Waals surface area contributed by atoms with Crippen LogP contribution in [0.2, 0.25) is 0 Å². The number of aromatic amines is 1. The lowest BCUT2D eigenvalue weighted by Gasteiger charge is -2.27. The maximum absolute atomic E-state index is 14.1. The molecule has 3 aromatic carbocycles. The summed E-state index contributed by atoms with van der Waals surface area (Å²) < 4.78 is 0. The van der Waals surface area contributed by atoms with Crippen molar-refractivity contribution in [2.24, 2.45) is 11.7 Å². The summed E-state index contributed by atoms with van der Waals surface area (Å²) in [5.74, 6) is -6.37. The summed E-state index contributed by atoms with van der Waals surface area (Å²) in [6, 6.07) is 18.4. The van der Waals surface area contributed by atoms with Crippen LogP contribution >= 0.6 is 0 Å². The number of hydrogen-bond acceptors (Lipinski definition) is 7. The molecule has 14 heteroatoms. The molecule has 0 fully saturated rings. The van der Waals surface area contributed by atoms with Gasteiger partial charge in [0.05, 0.1) is 12.5 Å². The van der Waals surface area contributed by atoms with Gasteiger partial charge in [0.25, 0.3) is 0 Å². The van der Waals surface area contributed by atoms with E-state index < -0.39 is 78.1 Å². The zero-order valence-corrected chi connectivity index (χ0v) is 28.9. The van der Waals surface area contributed by atoms with Gasteiger partial charge < -0.3 is 42.2 Å². The minimum atomic E-state index is -1.59. The lowest BCUT2D eigenvalue weighted by atomic mass is 10.00. The Morgan fingerprint density at radius 3 is 1.71 bits per heavy atom. The zero-order valence-electron chi connectivity index (χ0n) is 28.9. The van der Waals surface area contributed by atoms with Gasteiger partial charge in [-0.25, -0.2) is 4.79 Å². The Morgan fingerprint density at radius 1 is 0.635 bits per heavy atom. The van der Waals surface area contributed by atoms with Crippen molar-refractivity contribution in [3.63, 3.8) is 0 Å². The van der Waals surface area contributed by atoms with E-state index in [0.29, 0.717) is 11.1 Å². The number of fused-ring (bicyclic) bond motifs is 1. The molecular formula is C38H44N6O8. The number of nitrogens with one attached hydrogen (secondary N) is 5. The Labute approximate surface area is 300 Å². The molecule has 0 aliphatic rings. The SMILES string of the molecule is CC(C)[C@H](NC(=O)[C@H](Cc1c[nH]c2ccccc12)NC(=O)[C@H](Cc1ccccc1)NC(=O)[C@H](CC(=O)O)NC(=O)[C@@H](N)Cc1ccccc1)C(=O)O. The van der Waals surface area contributed by atoms with Crippen molar-refractivity contribution < 1.29 is 39.0 Å². The van der Waals surface area contributed by atoms with Gasteiger partial charge in [0.2, 0.25) is 23.6 Å². The average Bonchev–Trinajstić information content (AvgIpc) is 3.52. The van der Waals surface area contributed by atoms with E-state index in [1.165, 1.54) is 0 Å². The van der Waals surface area contributed by atoms with E-state index in [2.05, 4.69) is 26.3 Å². The fraction of sp³-hybridized carbons (Fsp3) is 0.316. The second-order valence-electron chi connectivity index (χ2n) is 12.9. The van der Waals surface area contributed by atoms with Crippen LogP contribution in [0.4, 0.5) is 0 Å². The number of benzene rings is 3. The van der Waals surface area contributed by atoms with Crippen LogP contribution < -0.4 is 27.0 Å². The molecule has 0 aliphatic carbocycles. The zero-order chi connectivity index (χ0) is 37.8. The predicted octanol–water partition coefficient (Wildman–Crippen LogP) is 1.68. The van der Waals surface area contributed by atoms with Crippen LogP contribution in [0.3, 0.4) is 0 Å². The molecule has 0 spiro atoms. The van der Waals surface area contributed by atoms with E-state index >= 15 is 0 Å². The summed E-state index contributed by atoms with van der Waals surface area (Å²) in [4.78, 5) is 81.3. The number of aromatic nitrogens is 1. The van der Waals surface area contributed by atoms with Gasteiger partial charge in [0, 0.05) is 29.9 Å². The molecular weight excluding hydrogens is 668 g/mol. The van der Waals surface area contributed by atoms with Crippen LogP contribution in [-0.4, -0.2) is 81.0 Å². The highest BCUT2D eigenvalue weighted by Crippen LogP contribution is 2.20. The third-order valence-corrected chi connectivity index (χ3v) is 8.52. The Morgan fingerprint density at radius 2 is 1.13 bits per heavy atom. The number of para-hydroxylation sites is 1. The predicted molar refractivity (Wildman–Crippen MR) is 193 cm³/mol. The maximum atomic E-state index is 14.1. The molecule has 9 N–H and O–H groups in total. The van der Waals surface area contributed by atoms with Crippen molar-refractivity contribution in [1.29, 1.82) is 0 Å². The van der Waals surface area contributed by atoms with Gasteiger partial charge in [-0.05, 0) is 35.1 Å². The standard InChI is InChI=1S/C38H44N6O8/c1-22(2)33(38(51)52)44-37(50)30(19-25-21-40-28-16-10-9-15-26(25)28)43-35(48)29(18-24-13-7-4-8-14-24)42-36(49)31(20-32(45)46)41-34(47)27(39)17-23-11-5-3-6-12-23/h3-16,21-22,27,29-31,33,40H,17-20,39H2,1-2H3,(H,41,47)(H,42,49)(H,43,48)(H,44,50)(H,45,46)(H,51,52)/t27-,29-,30-,31-,33-/m0/s1. The molecule has 0 unspecified atom stereocenters. The second kappa shape index (κ2) is 18.3. The second-order valence-corrected chi connectivity index (χ2v) is 12.9. The quantitative estimate of drug-likeness (QED) is 0.0749. The molecule has 52 heavy (non-hydrogen) atoms. The Bertz CT molecular complexity index is 1860. The van der Waals surface area contributed by atoms with Crippen molar-refractivity contribution in [2.75, 3.05) is 0 Å². The van der Waals surface area contributed by atoms with Gasteiger partial charge >= 0.3 is 11.9 Å². The van der Waals surface area contributed by atoms with Crippen molar-refractivity contribution in [3.05, 3.63) is 108 Å². The molecule has 0 saturated carbocycles. The van der Waals surface area contributed by atoms with Crippen LogP contribution in [0.15, 0.2) is 91.1 Å². The summed E-state index contributed by atoms with van der Waals surface area (Å²) in [5.41, 5.74) is 8.95. The van der Waals surface area contributed by atoms with Gasteiger partial charge in [0.1, 0.15) is 24.2 Å². The van der Waals surface area contributed by atoms with E-state index in [1.54, 1.807) is 80.7 Å². The lowest BCUT2D eigenvalue weighted by Crippen LogP contribution is -2.60. The van der Waals surface area contributed by atoms with Gasteiger partial charge in [-0.2, -0.15) is 0 Å². The Kier molecular flexibility index (Phi) is 13.6. The molecule has 274 valence electrons. The highest BCUT2D eigenvalue weighted by atomic mass is 16.4. The number of H-pyrrole nitrogens is 1. The number of amides is 4. The van der Waals surface area contributed by atoms with Crippen LogP contribution in [0.25, 0.3) is 10.9 Å². The smallest absolute Gasteiger partial charge is 0.326 e. The first-order valence-corrected chi connectivity index (χ1v) is 16.9. The molecule has 0 aliphatic heterocycles. The highest BCUT2D eigenvalue weighted by Gasteiger charge is 2.34. The first kappa shape index (κ1) is 38.8. The van der Waals surface area contributed by atoms with Crippen molar-refractivity contribution in [2.45, 2.75) is 69.7 Å². The van der Waals surface area contributed by atoms with E-state index in [-0.39, 0.29) is 19.3 Å². The highest BCUT2D eigenvalue weighted by molar-refractivity contribution is 5.97. The van der Waals surface area contributed by atoms with Crippen molar-refractivity contribution in [1.82, 2.24) is 26.3 Å². The summed E-state index contributed by atoms with van der Waals surface area (Å²) in [6.07, 6.45) is 0.929. The molecule has 14 nitrogen and oxygen atoms in total. The monoisotopic (exact) mass is 712 g/mol. The molecule has 1 aromatic heterocycles. The van der Waals surface area contributed by atoms with Gasteiger partial charge in [0.15, 0.2) is 0 Å². The van der Waals surface area contributed by atoms with Crippen LogP contribution in [0.5, 0.6) is 0 Å². The third-order valence-electron chi connectivity index (χ3n) is 8.52. The molecule has 0 saturated heterocycles. The van der Waals surface area contributed by atoms with Crippen LogP contribution in [0, 0.1) is 5.92 Å². The number of carbonyl (C=O) groups excluding carboxylic acids is 4. The lowest BCUT2D eigenvalue weighted by molar-refractivity contribution is -0.143. The van der Waals surface area contributed by atoms with Gasteiger partial charge in [-0.1, -0.05) is 92.7 Å². The molecule has 4 amide bonds. The fourth-order valence-corrected chi connectivity index (χ4v) is 5.72. The summed E-state index contributed by atoms with van der Waals surface area (Å²) in [7, 11) is 0. The first-order valence-electron chi connectivity index (χ1n) is 16.9. The largest absolute Gasteiger partial charge is 0.481 e. The molecule has 0 bridgehead atoms. The molecule has 0 radical (unpaired) electrons. The number of aliphatic carboxylic acids is 2.